The number of benzene rings is 2. The van der Waals surface area contributed by atoms with Gasteiger partial charge in [0.05, 0.1) is 11.8 Å². The summed E-state index contributed by atoms with van der Waals surface area (Å²) in [5.74, 6) is 0.292. The minimum Gasteiger partial charge on any atom is -0.354 e. The molecule has 9 heteroatoms. The average molecular weight is 398 g/mol. The highest BCUT2D eigenvalue weighted by molar-refractivity contribution is 5.93. The molecule has 0 spiro atoms. The Hall–Kier alpha value is -3.88. The van der Waals surface area contributed by atoms with E-state index in [2.05, 4.69) is 15.6 Å². The highest BCUT2D eigenvalue weighted by Gasteiger charge is 2.30. The molecule has 146 valence electrons. The van der Waals surface area contributed by atoms with E-state index in [1.807, 2.05) is 30.3 Å². The third-order valence-corrected chi connectivity index (χ3v) is 4.11. The van der Waals surface area contributed by atoms with Crippen LogP contribution in [0, 0.1) is 0 Å². The maximum Gasteiger partial charge on any atom is 0.416 e. The van der Waals surface area contributed by atoms with Crippen molar-refractivity contribution in [2.75, 3.05) is 5.32 Å². The van der Waals surface area contributed by atoms with Gasteiger partial charge in [0.2, 0.25) is 0 Å². The lowest BCUT2D eigenvalue weighted by atomic mass is 10.1. The van der Waals surface area contributed by atoms with Gasteiger partial charge in [-0.25, -0.2) is 4.79 Å². The van der Waals surface area contributed by atoms with Crippen molar-refractivity contribution >= 4 is 11.7 Å². The summed E-state index contributed by atoms with van der Waals surface area (Å²) in [6.45, 7) is 0. The van der Waals surface area contributed by atoms with Gasteiger partial charge < -0.3 is 9.84 Å². The topological polar surface area (TPSA) is 73.0 Å². The van der Waals surface area contributed by atoms with E-state index in [0.717, 1.165) is 22.4 Å². The zero-order valence-corrected chi connectivity index (χ0v) is 14.7. The SMILES string of the molecule is O=C(Nc1cccc(C(F)(F)F)c1)n1nccc1-c1cc(-c2ccccc2)no1. The molecular formula is C20H13F3N4O2. The van der Waals surface area contributed by atoms with Crippen molar-refractivity contribution in [3.05, 3.63) is 78.5 Å². The van der Waals surface area contributed by atoms with Gasteiger partial charge in [-0.1, -0.05) is 41.6 Å². The molecule has 0 atom stereocenters. The summed E-state index contributed by atoms with van der Waals surface area (Å²) in [5, 5.41) is 10.3. The Kier molecular flexibility index (Phi) is 4.63. The highest BCUT2D eigenvalue weighted by atomic mass is 19.4. The molecule has 0 aliphatic carbocycles. The summed E-state index contributed by atoms with van der Waals surface area (Å²) >= 11 is 0. The van der Waals surface area contributed by atoms with Crippen LogP contribution in [-0.2, 0) is 6.18 Å². The van der Waals surface area contributed by atoms with Crippen molar-refractivity contribution in [3.8, 4) is 22.7 Å². The normalized spacial score (nSPS) is 11.4. The van der Waals surface area contributed by atoms with Crippen LogP contribution in [0.25, 0.3) is 22.7 Å². The summed E-state index contributed by atoms with van der Waals surface area (Å²) in [4.78, 5) is 12.6. The number of nitrogens with zero attached hydrogens (tertiary/aromatic N) is 3. The van der Waals surface area contributed by atoms with Gasteiger partial charge in [-0.15, -0.1) is 0 Å². The van der Waals surface area contributed by atoms with Crippen LogP contribution in [-0.4, -0.2) is 21.0 Å². The molecule has 1 N–H and O–H groups in total. The second kappa shape index (κ2) is 7.27. The van der Waals surface area contributed by atoms with E-state index in [0.29, 0.717) is 17.1 Å². The van der Waals surface area contributed by atoms with Crippen LogP contribution in [0.15, 0.2) is 77.4 Å². The van der Waals surface area contributed by atoms with Gasteiger partial charge in [0.15, 0.2) is 5.76 Å². The Bertz CT molecular complexity index is 1150. The number of hydrogen-bond acceptors (Lipinski definition) is 4. The number of amides is 1. The predicted molar refractivity (Wildman–Crippen MR) is 99.0 cm³/mol. The van der Waals surface area contributed by atoms with Gasteiger partial charge in [-0.3, -0.25) is 0 Å². The molecule has 4 aromatic rings. The molecule has 2 heterocycles. The van der Waals surface area contributed by atoms with Gasteiger partial charge in [0, 0.05) is 17.3 Å². The molecule has 0 bridgehead atoms. The van der Waals surface area contributed by atoms with Gasteiger partial charge in [-0.2, -0.15) is 23.0 Å². The number of rotatable bonds is 3. The number of aromatic nitrogens is 3. The standard InChI is InChI=1S/C20H13F3N4O2/c21-20(22,23)14-7-4-8-15(11-14)25-19(28)27-17(9-10-24-27)18-12-16(26-29-18)13-5-2-1-3-6-13/h1-12H,(H,25,28). The third kappa shape index (κ3) is 3.88. The van der Waals surface area contributed by atoms with Crippen molar-refractivity contribution in [1.29, 1.82) is 0 Å². The number of carbonyl (C=O) groups is 1. The zero-order chi connectivity index (χ0) is 20.4. The zero-order valence-electron chi connectivity index (χ0n) is 14.7. The summed E-state index contributed by atoms with van der Waals surface area (Å²) in [6.07, 6.45) is -3.13. The average Bonchev–Trinajstić information content (AvgIpc) is 3.38. The first kappa shape index (κ1) is 18.5. The fraction of sp³-hybridized carbons (Fsp3) is 0.0500. The minimum atomic E-state index is -4.51. The quantitative estimate of drug-likeness (QED) is 0.508. The van der Waals surface area contributed by atoms with Crippen molar-refractivity contribution in [1.82, 2.24) is 14.9 Å². The molecule has 0 saturated heterocycles. The fourth-order valence-corrected chi connectivity index (χ4v) is 2.74. The Morgan fingerprint density at radius 2 is 1.79 bits per heavy atom. The van der Waals surface area contributed by atoms with Crippen molar-refractivity contribution < 1.29 is 22.5 Å². The maximum atomic E-state index is 12.9. The van der Waals surface area contributed by atoms with E-state index < -0.39 is 17.8 Å². The molecule has 0 aliphatic rings. The lowest BCUT2D eigenvalue weighted by Gasteiger charge is -2.10. The lowest BCUT2D eigenvalue weighted by molar-refractivity contribution is -0.137. The second-order valence-corrected chi connectivity index (χ2v) is 6.08. The van der Waals surface area contributed by atoms with Crippen LogP contribution in [0.5, 0.6) is 0 Å². The molecule has 29 heavy (non-hydrogen) atoms. The highest BCUT2D eigenvalue weighted by Crippen LogP contribution is 2.31. The summed E-state index contributed by atoms with van der Waals surface area (Å²) in [6, 6.07) is 16.1. The second-order valence-electron chi connectivity index (χ2n) is 6.08. The molecule has 4 rings (SSSR count). The number of carbonyl (C=O) groups excluding carboxylic acids is 1. The van der Waals surface area contributed by atoms with Crippen LogP contribution >= 0.6 is 0 Å². The smallest absolute Gasteiger partial charge is 0.354 e. The fourth-order valence-electron chi connectivity index (χ4n) is 2.74. The first-order valence-electron chi connectivity index (χ1n) is 8.47. The van der Waals surface area contributed by atoms with Gasteiger partial charge in [0.25, 0.3) is 0 Å². The number of anilines is 1. The third-order valence-electron chi connectivity index (χ3n) is 4.11. The van der Waals surface area contributed by atoms with E-state index in [1.54, 1.807) is 12.1 Å². The molecule has 0 fully saturated rings. The number of halogens is 3. The molecule has 2 aromatic heterocycles. The van der Waals surface area contributed by atoms with Crippen molar-refractivity contribution in [2.24, 2.45) is 0 Å². The van der Waals surface area contributed by atoms with Crippen molar-refractivity contribution in [2.45, 2.75) is 6.18 Å². The molecule has 0 unspecified atom stereocenters. The Morgan fingerprint density at radius 3 is 2.55 bits per heavy atom. The summed E-state index contributed by atoms with van der Waals surface area (Å²) in [7, 11) is 0. The molecule has 2 aromatic carbocycles. The van der Waals surface area contributed by atoms with E-state index in [-0.39, 0.29) is 5.69 Å². The Balaban J connectivity index is 1.59. The molecule has 1 amide bonds. The first-order chi connectivity index (χ1) is 13.9. The minimum absolute atomic E-state index is 0.00572. The number of nitrogens with one attached hydrogen (secondary N) is 1. The van der Waals surface area contributed by atoms with Gasteiger partial charge >= 0.3 is 12.2 Å². The molecular weight excluding hydrogens is 385 g/mol. The van der Waals surface area contributed by atoms with Crippen LogP contribution in [0.3, 0.4) is 0 Å². The van der Waals surface area contributed by atoms with E-state index >= 15 is 0 Å². The molecule has 0 saturated carbocycles. The largest absolute Gasteiger partial charge is 0.416 e. The lowest BCUT2D eigenvalue weighted by Crippen LogP contribution is -2.21. The van der Waals surface area contributed by atoms with Crippen LogP contribution in [0.2, 0.25) is 0 Å². The van der Waals surface area contributed by atoms with E-state index in [9.17, 15) is 18.0 Å². The van der Waals surface area contributed by atoms with Crippen molar-refractivity contribution in [3.63, 3.8) is 0 Å². The summed E-state index contributed by atoms with van der Waals surface area (Å²) in [5.41, 5.74) is 0.852. The van der Waals surface area contributed by atoms with Gasteiger partial charge in [-0.05, 0) is 24.3 Å². The van der Waals surface area contributed by atoms with Crippen LogP contribution < -0.4 is 5.32 Å². The van der Waals surface area contributed by atoms with Gasteiger partial charge in [0.1, 0.15) is 11.4 Å². The van der Waals surface area contributed by atoms with Crippen LogP contribution in [0.4, 0.5) is 23.7 Å². The molecule has 6 nitrogen and oxygen atoms in total. The first-order valence-corrected chi connectivity index (χ1v) is 8.47. The number of alkyl halides is 3. The predicted octanol–water partition coefficient (Wildman–Crippen LogP) is 5.30. The monoisotopic (exact) mass is 398 g/mol. The van der Waals surface area contributed by atoms with Crippen LogP contribution in [0.1, 0.15) is 5.56 Å². The Morgan fingerprint density at radius 1 is 1.00 bits per heavy atom. The molecule has 0 radical (unpaired) electrons. The van der Waals surface area contributed by atoms with E-state index in [4.69, 9.17) is 4.52 Å². The maximum absolute atomic E-state index is 12.9. The number of hydrogen-bond donors (Lipinski definition) is 1. The van der Waals surface area contributed by atoms with E-state index in [1.165, 1.54) is 18.3 Å². The summed E-state index contributed by atoms with van der Waals surface area (Å²) < 4.78 is 44.9. The Labute approximate surface area is 162 Å². The molecule has 0 aliphatic heterocycles.